The van der Waals surface area contributed by atoms with Gasteiger partial charge in [0.05, 0.1) is 0 Å². The Kier molecular flexibility index (Phi) is 4.82. The van der Waals surface area contributed by atoms with Gasteiger partial charge in [0.2, 0.25) is 5.95 Å². The van der Waals surface area contributed by atoms with E-state index in [-0.39, 0.29) is 0 Å². The number of hydrogen-bond donors (Lipinski definition) is 0. The van der Waals surface area contributed by atoms with Crippen LogP contribution in [0.1, 0.15) is 5.82 Å². The Labute approximate surface area is 159 Å². The number of rotatable bonds is 4. The normalized spacial score (nSPS) is 14.3. The topological polar surface area (TPSA) is 61.3 Å². The van der Waals surface area contributed by atoms with Crippen molar-refractivity contribution in [2.45, 2.75) is 6.92 Å². The summed E-state index contributed by atoms with van der Waals surface area (Å²) in [5, 5.41) is 0. The number of para-hydroxylation sites is 1. The second-order valence-electron chi connectivity index (χ2n) is 6.55. The molecule has 138 valence electrons. The summed E-state index contributed by atoms with van der Waals surface area (Å²) in [4.78, 5) is 24.6. The molecular formula is C20H23N7. The van der Waals surface area contributed by atoms with Gasteiger partial charge in [-0.15, -0.1) is 0 Å². The Hall–Kier alpha value is -3.22. The van der Waals surface area contributed by atoms with E-state index in [1.165, 1.54) is 0 Å². The third-order valence-corrected chi connectivity index (χ3v) is 4.74. The highest BCUT2D eigenvalue weighted by atomic mass is 15.3. The summed E-state index contributed by atoms with van der Waals surface area (Å²) in [5.41, 5.74) is 1.10. The van der Waals surface area contributed by atoms with Gasteiger partial charge in [-0.05, 0) is 25.1 Å². The molecular weight excluding hydrogens is 338 g/mol. The van der Waals surface area contributed by atoms with E-state index in [1.807, 2.05) is 38.2 Å². The predicted molar refractivity (Wildman–Crippen MR) is 108 cm³/mol. The molecule has 27 heavy (non-hydrogen) atoms. The molecule has 1 saturated heterocycles. The van der Waals surface area contributed by atoms with Gasteiger partial charge in [0, 0.05) is 57.4 Å². The molecule has 3 heterocycles. The minimum atomic E-state index is 0.777. The van der Waals surface area contributed by atoms with Gasteiger partial charge in [-0.3, -0.25) is 0 Å². The Morgan fingerprint density at radius 1 is 0.852 bits per heavy atom. The smallest absolute Gasteiger partial charge is 0.225 e. The van der Waals surface area contributed by atoms with Crippen LogP contribution < -0.4 is 14.7 Å². The Balaban J connectivity index is 1.51. The zero-order chi connectivity index (χ0) is 18.6. The van der Waals surface area contributed by atoms with Crippen LogP contribution in [0.5, 0.6) is 0 Å². The maximum Gasteiger partial charge on any atom is 0.225 e. The van der Waals surface area contributed by atoms with Crippen LogP contribution in [0.15, 0.2) is 54.9 Å². The zero-order valence-electron chi connectivity index (χ0n) is 15.7. The van der Waals surface area contributed by atoms with Crippen LogP contribution in [0.25, 0.3) is 0 Å². The van der Waals surface area contributed by atoms with Gasteiger partial charge in [0.25, 0.3) is 0 Å². The van der Waals surface area contributed by atoms with Crippen LogP contribution in [-0.2, 0) is 0 Å². The van der Waals surface area contributed by atoms with Crippen LogP contribution in [0.3, 0.4) is 0 Å². The Morgan fingerprint density at radius 2 is 1.52 bits per heavy atom. The van der Waals surface area contributed by atoms with E-state index < -0.39 is 0 Å². The van der Waals surface area contributed by atoms with E-state index in [0.29, 0.717) is 0 Å². The van der Waals surface area contributed by atoms with Crippen molar-refractivity contribution >= 4 is 23.3 Å². The van der Waals surface area contributed by atoms with Crippen molar-refractivity contribution < 1.29 is 0 Å². The average molecular weight is 361 g/mol. The molecule has 1 aliphatic rings. The standard InChI is InChI=1S/C20H23N7/c1-16-23-18(25(2)17-7-4-3-5-8-17)15-19(24-16)26-11-13-27(14-12-26)20-21-9-6-10-22-20/h3-10,15H,11-14H2,1-2H3. The fourth-order valence-corrected chi connectivity index (χ4v) is 3.24. The molecule has 1 aromatic carbocycles. The van der Waals surface area contributed by atoms with Gasteiger partial charge in [-0.1, -0.05) is 18.2 Å². The summed E-state index contributed by atoms with van der Waals surface area (Å²) in [7, 11) is 2.03. The summed E-state index contributed by atoms with van der Waals surface area (Å²) in [6.45, 7) is 5.44. The van der Waals surface area contributed by atoms with E-state index in [1.54, 1.807) is 12.4 Å². The number of nitrogens with zero attached hydrogens (tertiary/aromatic N) is 7. The van der Waals surface area contributed by atoms with E-state index in [4.69, 9.17) is 0 Å². The van der Waals surface area contributed by atoms with Gasteiger partial charge >= 0.3 is 0 Å². The molecule has 0 aliphatic carbocycles. The minimum Gasteiger partial charge on any atom is -0.353 e. The van der Waals surface area contributed by atoms with E-state index >= 15 is 0 Å². The fraction of sp³-hybridized carbons (Fsp3) is 0.300. The quantitative estimate of drug-likeness (QED) is 0.708. The number of aryl methyl sites for hydroxylation is 1. The molecule has 7 heteroatoms. The SMILES string of the molecule is Cc1nc(N2CCN(c3ncccn3)CC2)cc(N(C)c2ccccc2)n1. The van der Waals surface area contributed by atoms with Gasteiger partial charge in [-0.25, -0.2) is 19.9 Å². The van der Waals surface area contributed by atoms with Crippen molar-refractivity contribution in [2.24, 2.45) is 0 Å². The zero-order valence-corrected chi connectivity index (χ0v) is 15.7. The molecule has 0 bridgehead atoms. The summed E-state index contributed by atoms with van der Waals surface area (Å²) in [6.07, 6.45) is 3.57. The molecule has 1 aliphatic heterocycles. The molecule has 0 amide bonds. The molecule has 1 fully saturated rings. The molecule has 7 nitrogen and oxygen atoms in total. The number of anilines is 4. The van der Waals surface area contributed by atoms with Crippen molar-refractivity contribution in [3.63, 3.8) is 0 Å². The van der Waals surface area contributed by atoms with Gasteiger partial charge in [-0.2, -0.15) is 0 Å². The lowest BCUT2D eigenvalue weighted by molar-refractivity contribution is 0.633. The predicted octanol–water partition coefficient (Wildman–Crippen LogP) is 2.67. The summed E-state index contributed by atoms with van der Waals surface area (Å²) < 4.78 is 0. The van der Waals surface area contributed by atoms with Gasteiger partial charge in [0.1, 0.15) is 17.5 Å². The summed E-state index contributed by atoms with van der Waals surface area (Å²) in [6, 6.07) is 14.1. The third kappa shape index (κ3) is 3.81. The van der Waals surface area contributed by atoms with Crippen LogP contribution >= 0.6 is 0 Å². The first-order valence-corrected chi connectivity index (χ1v) is 9.12. The largest absolute Gasteiger partial charge is 0.353 e. The van der Waals surface area contributed by atoms with Crippen molar-refractivity contribution in [1.29, 1.82) is 0 Å². The number of piperazine rings is 1. The monoisotopic (exact) mass is 361 g/mol. The first kappa shape index (κ1) is 17.2. The van der Waals surface area contributed by atoms with Crippen LogP contribution in [0, 0.1) is 6.92 Å². The van der Waals surface area contributed by atoms with Gasteiger partial charge < -0.3 is 14.7 Å². The maximum atomic E-state index is 4.67. The summed E-state index contributed by atoms with van der Waals surface area (Å²) in [5.74, 6) is 3.44. The fourth-order valence-electron chi connectivity index (χ4n) is 3.24. The molecule has 4 rings (SSSR count). The second kappa shape index (κ2) is 7.57. The van der Waals surface area contributed by atoms with E-state index in [0.717, 1.165) is 55.3 Å². The molecule has 3 aromatic rings. The number of hydrogen-bond acceptors (Lipinski definition) is 7. The molecule has 0 N–H and O–H groups in total. The van der Waals surface area contributed by atoms with Crippen molar-refractivity contribution in [1.82, 2.24) is 19.9 Å². The molecule has 0 atom stereocenters. The molecule has 0 radical (unpaired) electrons. The van der Waals surface area contributed by atoms with Crippen molar-refractivity contribution in [2.75, 3.05) is 47.9 Å². The lowest BCUT2D eigenvalue weighted by Gasteiger charge is -2.35. The van der Waals surface area contributed by atoms with E-state index in [2.05, 4.69) is 52.8 Å². The molecule has 0 spiro atoms. The van der Waals surface area contributed by atoms with E-state index in [9.17, 15) is 0 Å². The highest BCUT2D eigenvalue weighted by Crippen LogP contribution is 2.25. The Bertz CT molecular complexity index is 877. The first-order chi connectivity index (χ1) is 13.2. The van der Waals surface area contributed by atoms with Crippen LogP contribution in [-0.4, -0.2) is 53.2 Å². The third-order valence-electron chi connectivity index (χ3n) is 4.74. The van der Waals surface area contributed by atoms with Crippen LogP contribution in [0.4, 0.5) is 23.3 Å². The maximum absolute atomic E-state index is 4.67. The minimum absolute atomic E-state index is 0.777. The van der Waals surface area contributed by atoms with Crippen LogP contribution in [0.2, 0.25) is 0 Å². The van der Waals surface area contributed by atoms with Crippen molar-refractivity contribution in [3.8, 4) is 0 Å². The number of aromatic nitrogens is 4. The average Bonchev–Trinajstić information content (AvgIpc) is 2.74. The lowest BCUT2D eigenvalue weighted by atomic mass is 10.3. The first-order valence-electron chi connectivity index (χ1n) is 9.12. The lowest BCUT2D eigenvalue weighted by Crippen LogP contribution is -2.47. The van der Waals surface area contributed by atoms with Crippen molar-refractivity contribution in [3.05, 3.63) is 60.7 Å². The molecule has 0 saturated carbocycles. The highest BCUT2D eigenvalue weighted by Gasteiger charge is 2.21. The highest BCUT2D eigenvalue weighted by molar-refractivity contribution is 5.62. The van der Waals surface area contributed by atoms with Gasteiger partial charge in [0.15, 0.2) is 0 Å². The second-order valence-corrected chi connectivity index (χ2v) is 6.55. The Morgan fingerprint density at radius 3 is 2.22 bits per heavy atom. The molecule has 0 unspecified atom stereocenters. The summed E-state index contributed by atoms with van der Waals surface area (Å²) >= 11 is 0. The molecule has 2 aromatic heterocycles. The number of benzene rings is 1.